The summed E-state index contributed by atoms with van der Waals surface area (Å²) >= 11 is 0. The number of carbonyl (C=O) groups is 1. The zero-order chi connectivity index (χ0) is 22.2. The third-order valence-electron chi connectivity index (χ3n) is 6.75. The summed E-state index contributed by atoms with van der Waals surface area (Å²) in [7, 11) is 1.65. The molecule has 1 aliphatic heterocycles. The number of benzene rings is 3. The van der Waals surface area contributed by atoms with Gasteiger partial charge in [-0.3, -0.25) is 14.3 Å². The Labute approximate surface area is 186 Å². The standard InChI is InChI=1S/C26H27N3O3/c1-17(25(30)20-8-7-19-16-22(32-2)10-9-18(19)15-20)28-13-11-21(12-14-28)29-24-6-4-3-5-23(24)27-26(29)31/h3-10,15-17,21H,11-14H2,1-2H3,(H,27,31). The Morgan fingerprint density at radius 1 is 1.03 bits per heavy atom. The Balaban J connectivity index is 1.30. The van der Waals surface area contributed by atoms with Crippen LogP contribution in [0, 0.1) is 0 Å². The normalized spacial score (nSPS) is 16.4. The van der Waals surface area contributed by atoms with E-state index < -0.39 is 0 Å². The first-order chi connectivity index (χ1) is 15.5. The number of hydrogen-bond acceptors (Lipinski definition) is 4. The van der Waals surface area contributed by atoms with E-state index in [1.807, 2.05) is 72.2 Å². The number of fused-ring (bicyclic) bond motifs is 2. The lowest BCUT2D eigenvalue weighted by molar-refractivity contribution is 0.0776. The molecule has 1 aliphatic rings. The molecule has 0 bridgehead atoms. The highest BCUT2D eigenvalue weighted by Gasteiger charge is 2.29. The number of aromatic nitrogens is 2. The third-order valence-corrected chi connectivity index (χ3v) is 6.75. The molecule has 0 spiro atoms. The fraction of sp³-hybridized carbons (Fsp3) is 0.308. The Kier molecular flexibility index (Phi) is 5.31. The maximum absolute atomic E-state index is 13.2. The first-order valence-corrected chi connectivity index (χ1v) is 11.1. The molecule has 1 saturated heterocycles. The van der Waals surface area contributed by atoms with Crippen molar-refractivity contribution < 1.29 is 9.53 Å². The summed E-state index contributed by atoms with van der Waals surface area (Å²) in [6, 6.07) is 19.5. The highest BCUT2D eigenvalue weighted by atomic mass is 16.5. The summed E-state index contributed by atoms with van der Waals surface area (Å²) in [6.45, 7) is 3.56. The van der Waals surface area contributed by atoms with Crippen LogP contribution in [-0.2, 0) is 0 Å². The molecule has 2 heterocycles. The summed E-state index contributed by atoms with van der Waals surface area (Å²) in [5.74, 6) is 0.938. The second kappa shape index (κ2) is 8.28. The number of nitrogens with zero attached hydrogens (tertiary/aromatic N) is 2. The molecule has 0 saturated carbocycles. The molecule has 164 valence electrons. The summed E-state index contributed by atoms with van der Waals surface area (Å²) in [4.78, 5) is 30.9. The van der Waals surface area contributed by atoms with Crippen LogP contribution in [0.5, 0.6) is 5.75 Å². The highest BCUT2D eigenvalue weighted by Crippen LogP contribution is 2.27. The van der Waals surface area contributed by atoms with Gasteiger partial charge in [-0.2, -0.15) is 0 Å². The second-order valence-corrected chi connectivity index (χ2v) is 8.55. The fourth-order valence-electron chi connectivity index (χ4n) is 4.88. The number of para-hydroxylation sites is 2. The van der Waals surface area contributed by atoms with Crippen LogP contribution in [0.25, 0.3) is 21.8 Å². The average Bonchev–Trinajstić information content (AvgIpc) is 3.18. The molecule has 0 radical (unpaired) electrons. The summed E-state index contributed by atoms with van der Waals surface area (Å²) < 4.78 is 7.17. The summed E-state index contributed by atoms with van der Waals surface area (Å²) in [5.41, 5.74) is 2.50. The predicted molar refractivity (Wildman–Crippen MR) is 127 cm³/mol. The van der Waals surface area contributed by atoms with Crippen molar-refractivity contribution in [1.29, 1.82) is 0 Å². The minimum absolute atomic E-state index is 0.0541. The zero-order valence-electron chi connectivity index (χ0n) is 18.4. The molecule has 1 N–H and O–H groups in total. The molecule has 1 unspecified atom stereocenters. The topological polar surface area (TPSA) is 67.3 Å². The number of likely N-dealkylation sites (tertiary alicyclic amines) is 1. The number of nitrogens with one attached hydrogen (secondary N) is 1. The molecular weight excluding hydrogens is 402 g/mol. The van der Waals surface area contributed by atoms with Gasteiger partial charge in [0, 0.05) is 24.7 Å². The number of ether oxygens (including phenoxy) is 1. The quantitative estimate of drug-likeness (QED) is 0.478. The van der Waals surface area contributed by atoms with Gasteiger partial charge in [0.15, 0.2) is 5.78 Å². The number of Topliss-reactive ketones (excluding diaryl/α,β-unsaturated/α-hetero) is 1. The van der Waals surface area contributed by atoms with Gasteiger partial charge in [0.25, 0.3) is 0 Å². The van der Waals surface area contributed by atoms with Crippen molar-refractivity contribution in [3.8, 4) is 5.75 Å². The molecule has 1 aromatic heterocycles. The molecular formula is C26H27N3O3. The highest BCUT2D eigenvalue weighted by molar-refractivity contribution is 6.03. The third kappa shape index (κ3) is 3.60. The van der Waals surface area contributed by atoms with Crippen LogP contribution in [0.1, 0.15) is 36.2 Å². The first kappa shape index (κ1) is 20.5. The Hall–Kier alpha value is -3.38. The number of imidazole rings is 1. The van der Waals surface area contributed by atoms with Crippen LogP contribution in [0.3, 0.4) is 0 Å². The average molecular weight is 430 g/mol. The van der Waals surface area contributed by atoms with Crippen molar-refractivity contribution in [3.05, 3.63) is 76.7 Å². The van der Waals surface area contributed by atoms with Gasteiger partial charge in [0.05, 0.1) is 24.2 Å². The number of carbonyl (C=O) groups excluding carboxylic acids is 1. The van der Waals surface area contributed by atoms with E-state index in [4.69, 9.17) is 4.74 Å². The molecule has 0 amide bonds. The summed E-state index contributed by atoms with van der Waals surface area (Å²) in [5, 5.41) is 2.08. The first-order valence-electron chi connectivity index (χ1n) is 11.1. The number of H-pyrrole nitrogens is 1. The molecule has 6 nitrogen and oxygen atoms in total. The lowest BCUT2D eigenvalue weighted by Gasteiger charge is -2.35. The number of methoxy groups -OCH3 is 1. The van der Waals surface area contributed by atoms with Gasteiger partial charge in [0.2, 0.25) is 0 Å². The van der Waals surface area contributed by atoms with Crippen LogP contribution >= 0.6 is 0 Å². The lowest BCUT2D eigenvalue weighted by Crippen LogP contribution is -2.45. The van der Waals surface area contributed by atoms with Crippen LogP contribution in [-0.4, -0.2) is 46.5 Å². The van der Waals surface area contributed by atoms with Crippen LogP contribution < -0.4 is 10.4 Å². The monoisotopic (exact) mass is 429 g/mol. The Bertz CT molecular complexity index is 1350. The van der Waals surface area contributed by atoms with Crippen LogP contribution in [0.2, 0.25) is 0 Å². The Morgan fingerprint density at radius 2 is 1.75 bits per heavy atom. The maximum atomic E-state index is 13.2. The fourth-order valence-corrected chi connectivity index (χ4v) is 4.88. The molecule has 3 aromatic carbocycles. The van der Waals surface area contributed by atoms with Gasteiger partial charge in [-0.25, -0.2) is 4.79 Å². The minimum Gasteiger partial charge on any atom is -0.497 e. The van der Waals surface area contributed by atoms with Gasteiger partial charge in [0.1, 0.15) is 5.75 Å². The van der Waals surface area contributed by atoms with Crippen molar-refractivity contribution in [1.82, 2.24) is 14.5 Å². The molecule has 5 rings (SSSR count). The van der Waals surface area contributed by atoms with Crippen LogP contribution in [0.4, 0.5) is 0 Å². The van der Waals surface area contributed by atoms with E-state index in [0.29, 0.717) is 0 Å². The van der Waals surface area contributed by atoms with E-state index in [0.717, 1.165) is 59.0 Å². The zero-order valence-corrected chi connectivity index (χ0v) is 18.4. The second-order valence-electron chi connectivity index (χ2n) is 8.55. The number of ketones is 1. The van der Waals surface area contributed by atoms with Gasteiger partial charge in [-0.15, -0.1) is 0 Å². The van der Waals surface area contributed by atoms with Crippen molar-refractivity contribution in [2.24, 2.45) is 0 Å². The Morgan fingerprint density at radius 3 is 2.53 bits per heavy atom. The van der Waals surface area contributed by atoms with Gasteiger partial charge in [-0.05, 0) is 60.9 Å². The van der Waals surface area contributed by atoms with Crippen molar-refractivity contribution in [2.45, 2.75) is 31.8 Å². The largest absolute Gasteiger partial charge is 0.497 e. The van der Waals surface area contributed by atoms with E-state index in [1.165, 1.54) is 0 Å². The van der Waals surface area contributed by atoms with Gasteiger partial charge >= 0.3 is 5.69 Å². The molecule has 6 heteroatoms. The van der Waals surface area contributed by atoms with Gasteiger partial charge < -0.3 is 9.72 Å². The molecule has 4 aromatic rings. The number of piperidine rings is 1. The van der Waals surface area contributed by atoms with Crippen molar-refractivity contribution in [2.75, 3.05) is 20.2 Å². The van der Waals surface area contributed by atoms with Crippen molar-refractivity contribution >= 4 is 27.6 Å². The molecule has 1 atom stereocenters. The van der Waals surface area contributed by atoms with Crippen molar-refractivity contribution in [3.63, 3.8) is 0 Å². The van der Waals surface area contributed by atoms with E-state index in [2.05, 4.69) is 9.88 Å². The summed E-state index contributed by atoms with van der Waals surface area (Å²) in [6.07, 6.45) is 1.69. The molecule has 32 heavy (non-hydrogen) atoms. The predicted octanol–water partition coefficient (Wildman–Crippen LogP) is 4.40. The smallest absolute Gasteiger partial charge is 0.326 e. The van der Waals surface area contributed by atoms with Crippen LogP contribution in [0.15, 0.2) is 65.5 Å². The van der Waals surface area contributed by atoms with Gasteiger partial charge in [-0.1, -0.05) is 30.3 Å². The number of aromatic amines is 1. The van der Waals surface area contributed by atoms with E-state index in [9.17, 15) is 9.59 Å². The maximum Gasteiger partial charge on any atom is 0.326 e. The van der Waals surface area contributed by atoms with E-state index in [1.54, 1.807) is 7.11 Å². The molecule has 0 aliphatic carbocycles. The SMILES string of the molecule is COc1ccc2cc(C(=O)C(C)N3CCC(n4c(=O)[nH]c5ccccc54)CC3)ccc2c1. The van der Waals surface area contributed by atoms with E-state index in [-0.39, 0.29) is 23.6 Å². The lowest BCUT2D eigenvalue weighted by atomic mass is 9.97. The number of rotatable bonds is 5. The molecule has 1 fully saturated rings. The minimum atomic E-state index is -0.202. The van der Waals surface area contributed by atoms with E-state index >= 15 is 0 Å². The number of hydrogen-bond donors (Lipinski definition) is 1.